The molecule has 8 heteroatoms. The Hall–Kier alpha value is -1.93. The molecule has 1 unspecified atom stereocenters. The summed E-state index contributed by atoms with van der Waals surface area (Å²) in [6, 6.07) is 4.91. The number of halogens is 3. The van der Waals surface area contributed by atoms with E-state index in [1.54, 1.807) is 10.3 Å². The molecule has 1 saturated heterocycles. The van der Waals surface area contributed by atoms with Gasteiger partial charge in [-0.1, -0.05) is 12.1 Å². The summed E-state index contributed by atoms with van der Waals surface area (Å²) >= 11 is 1.32. The van der Waals surface area contributed by atoms with Crippen molar-refractivity contribution in [1.82, 2.24) is 9.88 Å². The smallest absolute Gasteiger partial charge is 0.377 e. The third kappa shape index (κ3) is 4.19. The van der Waals surface area contributed by atoms with Crippen LogP contribution >= 0.6 is 11.3 Å². The first-order chi connectivity index (χ1) is 11.8. The summed E-state index contributed by atoms with van der Waals surface area (Å²) in [4.78, 5) is 18.6. The Balaban J connectivity index is 1.69. The van der Waals surface area contributed by atoms with Gasteiger partial charge < -0.3 is 9.64 Å². The first kappa shape index (κ1) is 17.9. The Morgan fingerprint density at radius 3 is 2.72 bits per heavy atom. The number of morpholine rings is 1. The first-order valence-corrected chi connectivity index (χ1v) is 8.72. The molecule has 0 spiro atoms. The molecule has 1 aromatic heterocycles. The monoisotopic (exact) mass is 370 g/mol. The van der Waals surface area contributed by atoms with Crippen molar-refractivity contribution in [2.45, 2.75) is 25.6 Å². The van der Waals surface area contributed by atoms with E-state index in [4.69, 9.17) is 4.74 Å². The van der Waals surface area contributed by atoms with Gasteiger partial charge in [0.15, 0.2) is 0 Å². The molecule has 134 valence electrons. The third-order valence-corrected chi connectivity index (χ3v) is 4.97. The number of amides is 1. The molecule has 2 aromatic rings. The summed E-state index contributed by atoms with van der Waals surface area (Å²) in [5, 5.41) is 2.38. The molecule has 3 rings (SSSR count). The van der Waals surface area contributed by atoms with Gasteiger partial charge in [-0.15, -0.1) is 11.3 Å². The number of carbonyl (C=O) groups is 1. The van der Waals surface area contributed by atoms with E-state index < -0.39 is 11.7 Å². The standard InChI is InChI=1S/C17H17F3N2O2S/c1-11-9-24-7-6-22(11)15(23)8-14-10-25-16(21-14)12-2-4-13(5-3-12)17(18,19)20/h2-5,10-11H,6-9H2,1H3. The zero-order valence-corrected chi connectivity index (χ0v) is 14.4. The van der Waals surface area contributed by atoms with Crippen molar-refractivity contribution in [3.05, 3.63) is 40.9 Å². The maximum absolute atomic E-state index is 12.6. The van der Waals surface area contributed by atoms with Gasteiger partial charge in [-0.25, -0.2) is 4.98 Å². The fourth-order valence-electron chi connectivity index (χ4n) is 2.68. The van der Waals surface area contributed by atoms with Crippen LogP contribution < -0.4 is 0 Å². The number of aromatic nitrogens is 1. The number of thiazole rings is 1. The van der Waals surface area contributed by atoms with Crippen LogP contribution in [0.25, 0.3) is 10.6 Å². The summed E-state index contributed by atoms with van der Waals surface area (Å²) < 4.78 is 43.2. The highest BCUT2D eigenvalue weighted by Crippen LogP contribution is 2.31. The number of nitrogens with zero attached hydrogens (tertiary/aromatic N) is 2. The second-order valence-corrected chi connectivity index (χ2v) is 6.77. The number of carbonyl (C=O) groups excluding carboxylic acids is 1. The van der Waals surface area contributed by atoms with Gasteiger partial charge in [0, 0.05) is 17.5 Å². The lowest BCUT2D eigenvalue weighted by Crippen LogP contribution is -2.47. The average molecular weight is 370 g/mol. The predicted octanol–water partition coefficient (Wildman–Crippen LogP) is 3.62. The number of benzene rings is 1. The van der Waals surface area contributed by atoms with Gasteiger partial charge >= 0.3 is 6.18 Å². The van der Waals surface area contributed by atoms with Crippen molar-refractivity contribution in [3.8, 4) is 10.6 Å². The van der Waals surface area contributed by atoms with Crippen molar-refractivity contribution < 1.29 is 22.7 Å². The maximum atomic E-state index is 12.6. The van der Waals surface area contributed by atoms with E-state index >= 15 is 0 Å². The van der Waals surface area contributed by atoms with Gasteiger partial charge in [-0.2, -0.15) is 13.2 Å². The van der Waals surface area contributed by atoms with Gasteiger partial charge in [0.1, 0.15) is 5.01 Å². The lowest BCUT2D eigenvalue weighted by molar-refractivity contribution is -0.138. The fraction of sp³-hybridized carbons (Fsp3) is 0.412. The molecule has 4 nitrogen and oxygen atoms in total. The molecule has 0 N–H and O–H groups in total. The van der Waals surface area contributed by atoms with E-state index in [1.807, 2.05) is 6.92 Å². The second-order valence-electron chi connectivity index (χ2n) is 5.91. The van der Waals surface area contributed by atoms with E-state index in [1.165, 1.54) is 23.5 Å². The first-order valence-electron chi connectivity index (χ1n) is 7.84. The average Bonchev–Trinajstić information content (AvgIpc) is 3.03. The molecule has 0 radical (unpaired) electrons. The molecule has 0 bridgehead atoms. The molecule has 1 amide bonds. The molecular weight excluding hydrogens is 353 g/mol. The zero-order chi connectivity index (χ0) is 18.0. The van der Waals surface area contributed by atoms with Gasteiger partial charge in [0.05, 0.1) is 36.9 Å². The molecule has 1 aromatic carbocycles. The molecule has 1 fully saturated rings. The molecule has 1 aliphatic rings. The predicted molar refractivity (Wildman–Crippen MR) is 88.3 cm³/mol. The third-order valence-electron chi connectivity index (χ3n) is 4.03. The van der Waals surface area contributed by atoms with Crippen LogP contribution in [-0.4, -0.2) is 41.6 Å². The number of hydrogen-bond acceptors (Lipinski definition) is 4. The number of alkyl halides is 3. The molecule has 1 atom stereocenters. The minimum atomic E-state index is -4.35. The van der Waals surface area contributed by atoms with Crippen molar-refractivity contribution in [2.75, 3.05) is 19.8 Å². The van der Waals surface area contributed by atoms with E-state index in [9.17, 15) is 18.0 Å². The van der Waals surface area contributed by atoms with Crippen molar-refractivity contribution in [2.24, 2.45) is 0 Å². The van der Waals surface area contributed by atoms with Crippen LogP contribution in [0.3, 0.4) is 0 Å². The van der Waals surface area contributed by atoms with Crippen molar-refractivity contribution in [3.63, 3.8) is 0 Å². The quantitative estimate of drug-likeness (QED) is 0.829. The summed E-state index contributed by atoms with van der Waals surface area (Å²) in [6.07, 6.45) is -4.17. The van der Waals surface area contributed by atoms with Crippen LogP contribution in [0.15, 0.2) is 29.6 Å². The minimum Gasteiger partial charge on any atom is -0.377 e. The van der Waals surface area contributed by atoms with E-state index in [0.29, 0.717) is 36.0 Å². The van der Waals surface area contributed by atoms with Crippen LogP contribution in [0.4, 0.5) is 13.2 Å². The Morgan fingerprint density at radius 1 is 1.36 bits per heavy atom. The van der Waals surface area contributed by atoms with Crippen molar-refractivity contribution in [1.29, 1.82) is 0 Å². The maximum Gasteiger partial charge on any atom is 0.416 e. The Bertz CT molecular complexity index is 743. The molecule has 2 heterocycles. The highest BCUT2D eigenvalue weighted by molar-refractivity contribution is 7.13. The molecule has 1 aliphatic heterocycles. The Morgan fingerprint density at radius 2 is 2.08 bits per heavy atom. The van der Waals surface area contributed by atoms with Crippen molar-refractivity contribution >= 4 is 17.2 Å². The summed E-state index contributed by atoms with van der Waals surface area (Å²) in [7, 11) is 0. The zero-order valence-electron chi connectivity index (χ0n) is 13.5. The second kappa shape index (κ2) is 7.13. The Kier molecular flexibility index (Phi) is 5.10. The van der Waals surface area contributed by atoms with Crippen LogP contribution in [0.5, 0.6) is 0 Å². The van der Waals surface area contributed by atoms with Crippen LogP contribution in [0.2, 0.25) is 0 Å². The highest BCUT2D eigenvalue weighted by Gasteiger charge is 2.30. The largest absolute Gasteiger partial charge is 0.416 e. The van der Waals surface area contributed by atoms with Crippen LogP contribution in [-0.2, 0) is 22.1 Å². The normalized spacial score (nSPS) is 18.4. The molecule has 0 aliphatic carbocycles. The minimum absolute atomic E-state index is 0.0138. The Labute approximate surface area is 147 Å². The van der Waals surface area contributed by atoms with Crippen LogP contribution in [0, 0.1) is 0 Å². The summed E-state index contributed by atoms with van der Waals surface area (Å²) in [6.45, 7) is 3.56. The van der Waals surface area contributed by atoms with Gasteiger partial charge in [-0.3, -0.25) is 4.79 Å². The highest BCUT2D eigenvalue weighted by atomic mass is 32.1. The van der Waals surface area contributed by atoms with Gasteiger partial charge in [-0.05, 0) is 19.1 Å². The lowest BCUT2D eigenvalue weighted by atomic mass is 10.1. The van der Waals surface area contributed by atoms with Crippen LogP contribution in [0.1, 0.15) is 18.2 Å². The molecule has 0 saturated carbocycles. The van der Waals surface area contributed by atoms with E-state index in [-0.39, 0.29) is 18.4 Å². The number of hydrogen-bond donors (Lipinski definition) is 0. The molecular formula is C17H17F3N2O2S. The molecule has 25 heavy (non-hydrogen) atoms. The lowest BCUT2D eigenvalue weighted by Gasteiger charge is -2.33. The summed E-state index contributed by atoms with van der Waals surface area (Å²) in [5.41, 5.74) is 0.546. The summed E-state index contributed by atoms with van der Waals surface area (Å²) in [5.74, 6) is -0.0138. The van der Waals surface area contributed by atoms with E-state index in [2.05, 4.69) is 4.98 Å². The van der Waals surface area contributed by atoms with E-state index in [0.717, 1.165) is 12.1 Å². The number of rotatable bonds is 3. The SMILES string of the molecule is CC1COCCN1C(=O)Cc1csc(-c2ccc(C(F)(F)F)cc2)n1. The fourth-order valence-corrected chi connectivity index (χ4v) is 3.50. The van der Waals surface area contributed by atoms with Gasteiger partial charge in [0.2, 0.25) is 5.91 Å². The topological polar surface area (TPSA) is 42.4 Å². The van der Waals surface area contributed by atoms with Gasteiger partial charge in [0.25, 0.3) is 0 Å². The number of ether oxygens (including phenoxy) is 1.